The van der Waals surface area contributed by atoms with E-state index in [-0.39, 0.29) is 35.8 Å². The third-order valence-corrected chi connectivity index (χ3v) is 9.60. The van der Waals surface area contributed by atoms with Crippen LogP contribution in [0.1, 0.15) is 51.4 Å². The zero-order valence-corrected chi connectivity index (χ0v) is 23.3. The van der Waals surface area contributed by atoms with E-state index in [0.29, 0.717) is 42.5 Å². The minimum absolute atomic E-state index is 0.0379. The van der Waals surface area contributed by atoms with Crippen LogP contribution < -0.4 is 11.1 Å². The number of rotatable bonds is 8. The summed E-state index contributed by atoms with van der Waals surface area (Å²) in [6.07, 6.45) is 3.91. The Labute approximate surface area is 231 Å². The lowest BCUT2D eigenvalue weighted by molar-refractivity contribution is -0.125. The van der Waals surface area contributed by atoms with Crippen LogP contribution in [0.2, 0.25) is 0 Å². The molecule has 9 nitrogen and oxygen atoms in total. The average Bonchev–Trinajstić information content (AvgIpc) is 3.73. The Kier molecular flexibility index (Phi) is 9.11. The van der Waals surface area contributed by atoms with Crippen LogP contribution >= 0.6 is 22.7 Å². The summed E-state index contributed by atoms with van der Waals surface area (Å²) in [6, 6.07) is 6.77. The lowest BCUT2D eigenvalue weighted by Crippen LogP contribution is -2.50. The number of nitrogens with zero attached hydrogens (tertiary/aromatic N) is 3. The highest BCUT2D eigenvalue weighted by Crippen LogP contribution is 2.28. The second kappa shape index (κ2) is 12.7. The number of nitrogens with two attached hydrogens (primary N) is 1. The van der Waals surface area contributed by atoms with E-state index in [4.69, 9.17) is 10.5 Å². The number of morpholine rings is 1. The topological polar surface area (TPSA) is 108 Å². The van der Waals surface area contributed by atoms with Crippen LogP contribution in [-0.4, -0.2) is 103 Å². The first-order valence-electron chi connectivity index (χ1n) is 13.5. The molecule has 0 bridgehead atoms. The van der Waals surface area contributed by atoms with Gasteiger partial charge in [-0.05, 0) is 55.0 Å². The van der Waals surface area contributed by atoms with Crippen LogP contribution in [0.3, 0.4) is 0 Å². The quantitative estimate of drug-likeness (QED) is 0.514. The highest BCUT2D eigenvalue weighted by molar-refractivity contribution is 7.12. The van der Waals surface area contributed by atoms with Gasteiger partial charge in [0.15, 0.2) is 0 Å². The second-order valence-electron chi connectivity index (χ2n) is 10.4. The number of hydrogen-bond acceptors (Lipinski definition) is 8. The normalized spacial score (nSPS) is 26.3. The summed E-state index contributed by atoms with van der Waals surface area (Å²) < 4.78 is 5.48. The molecule has 3 aliphatic rings. The van der Waals surface area contributed by atoms with Crippen LogP contribution in [0.4, 0.5) is 0 Å². The maximum atomic E-state index is 13.7. The molecule has 1 saturated carbocycles. The minimum Gasteiger partial charge on any atom is -0.379 e. The maximum absolute atomic E-state index is 13.7. The first-order chi connectivity index (χ1) is 18.5. The average molecular weight is 560 g/mol. The first kappa shape index (κ1) is 27.3. The van der Waals surface area contributed by atoms with Crippen molar-refractivity contribution in [2.45, 2.75) is 56.3 Å². The maximum Gasteiger partial charge on any atom is 0.264 e. The molecule has 2 saturated heterocycles. The van der Waals surface area contributed by atoms with Crippen molar-refractivity contribution in [3.63, 3.8) is 0 Å². The number of ether oxygens (including phenoxy) is 1. The highest BCUT2D eigenvalue weighted by Gasteiger charge is 2.44. The fourth-order valence-electron chi connectivity index (χ4n) is 5.68. The molecule has 0 aromatic carbocycles. The van der Waals surface area contributed by atoms with Gasteiger partial charge >= 0.3 is 0 Å². The fraction of sp³-hybridized carbons (Fsp3) is 0.593. The molecule has 3 fully saturated rings. The monoisotopic (exact) mass is 559 g/mol. The summed E-state index contributed by atoms with van der Waals surface area (Å²) in [7, 11) is 0. The molecular formula is C27H37N5O4S2. The summed E-state index contributed by atoms with van der Waals surface area (Å²) >= 11 is 2.80. The Morgan fingerprint density at radius 3 is 2.37 bits per heavy atom. The predicted molar refractivity (Wildman–Crippen MR) is 149 cm³/mol. The number of thiophene rings is 2. The molecule has 3 N–H and O–H groups in total. The standard InChI is InChI=1S/C27H37N5O4S2/c28-19-5-7-20(8-6-19)29-25(33)22-17-21(18-32(22)27(35)24-4-2-16-38-24)31(26(34)23-3-1-15-37-23)10-9-30-11-13-36-14-12-30/h1-4,15-16,19-22H,5-14,17-18,28H2,(H,29,33). The molecule has 3 amide bonds. The van der Waals surface area contributed by atoms with E-state index in [9.17, 15) is 14.4 Å². The smallest absolute Gasteiger partial charge is 0.264 e. The molecule has 2 atom stereocenters. The van der Waals surface area contributed by atoms with Crippen LogP contribution in [0.15, 0.2) is 35.0 Å². The van der Waals surface area contributed by atoms with Gasteiger partial charge in [-0.1, -0.05) is 12.1 Å². The van der Waals surface area contributed by atoms with Crippen molar-refractivity contribution < 1.29 is 19.1 Å². The summed E-state index contributed by atoms with van der Waals surface area (Å²) in [4.78, 5) is 48.0. The largest absolute Gasteiger partial charge is 0.379 e. The van der Waals surface area contributed by atoms with Crippen molar-refractivity contribution in [3.8, 4) is 0 Å². The van der Waals surface area contributed by atoms with Gasteiger partial charge in [0.05, 0.1) is 29.0 Å². The summed E-state index contributed by atoms with van der Waals surface area (Å²) in [5.41, 5.74) is 6.06. The Balaban J connectivity index is 1.35. The Bertz CT molecular complexity index is 1070. The van der Waals surface area contributed by atoms with E-state index in [1.807, 2.05) is 33.9 Å². The van der Waals surface area contributed by atoms with Gasteiger partial charge in [0, 0.05) is 44.8 Å². The van der Waals surface area contributed by atoms with Crippen molar-refractivity contribution in [2.75, 3.05) is 45.9 Å². The SMILES string of the molecule is NC1CCC(NC(=O)C2CC(N(CCN3CCOCC3)C(=O)c3cccs3)CN2C(=O)c2cccs2)CC1. The molecule has 0 radical (unpaired) electrons. The molecular weight excluding hydrogens is 522 g/mol. The fourth-order valence-corrected chi connectivity index (χ4v) is 7.04. The molecule has 38 heavy (non-hydrogen) atoms. The van der Waals surface area contributed by atoms with Gasteiger partial charge in [-0.2, -0.15) is 0 Å². The second-order valence-corrected chi connectivity index (χ2v) is 12.3. The minimum atomic E-state index is -0.618. The van der Waals surface area contributed by atoms with Crippen LogP contribution in [0.25, 0.3) is 0 Å². The molecule has 0 spiro atoms. The van der Waals surface area contributed by atoms with Gasteiger partial charge in [0.25, 0.3) is 11.8 Å². The number of hydrogen-bond donors (Lipinski definition) is 2. The van der Waals surface area contributed by atoms with Crippen molar-refractivity contribution >= 4 is 40.4 Å². The van der Waals surface area contributed by atoms with Crippen LogP contribution in [-0.2, 0) is 9.53 Å². The van der Waals surface area contributed by atoms with Gasteiger partial charge in [-0.25, -0.2) is 0 Å². The van der Waals surface area contributed by atoms with Gasteiger partial charge in [-0.3, -0.25) is 19.3 Å². The van der Waals surface area contributed by atoms with Gasteiger partial charge in [0.1, 0.15) is 6.04 Å². The van der Waals surface area contributed by atoms with Gasteiger partial charge in [0.2, 0.25) is 5.91 Å². The third-order valence-electron chi connectivity index (χ3n) is 7.89. The van der Waals surface area contributed by atoms with Crippen LogP contribution in [0.5, 0.6) is 0 Å². The van der Waals surface area contributed by atoms with E-state index in [1.165, 1.54) is 22.7 Å². The van der Waals surface area contributed by atoms with E-state index in [1.54, 1.807) is 11.0 Å². The van der Waals surface area contributed by atoms with Crippen molar-refractivity contribution in [2.24, 2.45) is 5.73 Å². The highest BCUT2D eigenvalue weighted by atomic mass is 32.1. The van der Waals surface area contributed by atoms with Crippen molar-refractivity contribution in [1.82, 2.24) is 20.0 Å². The van der Waals surface area contributed by atoms with Gasteiger partial charge < -0.3 is 25.6 Å². The Morgan fingerprint density at radius 2 is 1.71 bits per heavy atom. The Hall–Kier alpha value is -2.31. The van der Waals surface area contributed by atoms with Crippen molar-refractivity contribution in [1.29, 1.82) is 0 Å². The molecule has 2 unspecified atom stereocenters. The first-order valence-corrected chi connectivity index (χ1v) is 15.3. The van der Waals surface area contributed by atoms with E-state index in [2.05, 4.69) is 10.2 Å². The number of carbonyl (C=O) groups excluding carboxylic acids is 3. The number of likely N-dealkylation sites (tertiary alicyclic amines) is 1. The molecule has 2 aliphatic heterocycles. The predicted octanol–water partition coefficient (Wildman–Crippen LogP) is 2.25. The van der Waals surface area contributed by atoms with E-state index < -0.39 is 6.04 Å². The molecule has 206 valence electrons. The summed E-state index contributed by atoms with van der Waals surface area (Å²) in [5.74, 6) is -0.316. The number of carbonyl (C=O) groups is 3. The molecule has 2 aromatic rings. The zero-order valence-electron chi connectivity index (χ0n) is 21.6. The lowest BCUT2D eigenvalue weighted by Gasteiger charge is -2.33. The molecule has 2 aromatic heterocycles. The summed E-state index contributed by atoms with van der Waals surface area (Å²) in [5, 5.41) is 6.98. The lowest BCUT2D eigenvalue weighted by atomic mass is 9.91. The van der Waals surface area contributed by atoms with E-state index >= 15 is 0 Å². The van der Waals surface area contributed by atoms with Gasteiger partial charge in [-0.15, -0.1) is 22.7 Å². The molecule has 4 heterocycles. The Morgan fingerprint density at radius 1 is 1.03 bits per heavy atom. The number of nitrogens with one attached hydrogen (secondary N) is 1. The van der Waals surface area contributed by atoms with Crippen molar-refractivity contribution in [3.05, 3.63) is 44.8 Å². The van der Waals surface area contributed by atoms with E-state index in [0.717, 1.165) is 45.3 Å². The zero-order chi connectivity index (χ0) is 26.5. The molecule has 5 rings (SSSR count). The third kappa shape index (κ3) is 6.45. The summed E-state index contributed by atoms with van der Waals surface area (Å²) in [6.45, 7) is 4.67. The number of amides is 3. The van der Waals surface area contributed by atoms with Crippen LogP contribution in [0, 0.1) is 0 Å². The molecule has 11 heteroatoms. The molecule has 1 aliphatic carbocycles.